The van der Waals surface area contributed by atoms with E-state index in [2.05, 4.69) is 5.32 Å². The molecule has 3 rings (SSSR count). The number of piperidine rings is 1. The summed E-state index contributed by atoms with van der Waals surface area (Å²) in [5.74, 6) is -0.525. The van der Waals surface area contributed by atoms with Crippen LogP contribution >= 0.6 is 0 Å². The Hall–Kier alpha value is -1.17. The molecule has 0 aromatic carbocycles. The maximum absolute atomic E-state index is 14.0. The van der Waals surface area contributed by atoms with Gasteiger partial charge in [-0.15, -0.1) is 0 Å². The van der Waals surface area contributed by atoms with E-state index in [0.29, 0.717) is 45.4 Å². The minimum absolute atomic E-state index is 0.00970. The fourth-order valence-corrected chi connectivity index (χ4v) is 3.62. The Morgan fingerprint density at radius 3 is 2.68 bits per heavy atom. The normalized spacial score (nSPS) is 33.3. The van der Waals surface area contributed by atoms with Gasteiger partial charge in [0.2, 0.25) is 5.91 Å². The van der Waals surface area contributed by atoms with Crippen LogP contribution in [0.4, 0.5) is 4.39 Å². The molecule has 1 saturated carbocycles. The summed E-state index contributed by atoms with van der Waals surface area (Å²) in [5.41, 5.74) is -1.63. The van der Waals surface area contributed by atoms with Crippen molar-refractivity contribution < 1.29 is 18.7 Å². The Morgan fingerprint density at radius 2 is 2.05 bits per heavy atom. The Labute approximate surface area is 130 Å². The lowest BCUT2D eigenvalue weighted by atomic mass is 9.78. The molecule has 22 heavy (non-hydrogen) atoms. The van der Waals surface area contributed by atoms with Crippen molar-refractivity contribution in [1.82, 2.24) is 10.2 Å². The van der Waals surface area contributed by atoms with Gasteiger partial charge in [-0.2, -0.15) is 0 Å². The number of amides is 2. The fraction of sp³-hybridized carbons (Fsp3) is 0.875. The Balaban J connectivity index is 1.69. The van der Waals surface area contributed by atoms with Crippen LogP contribution in [0.3, 0.4) is 0 Å². The maximum Gasteiger partial charge on any atom is 0.260 e. The van der Waals surface area contributed by atoms with Gasteiger partial charge in [0.15, 0.2) is 5.67 Å². The van der Waals surface area contributed by atoms with Crippen LogP contribution in [0, 0.1) is 11.8 Å². The average molecular weight is 312 g/mol. The van der Waals surface area contributed by atoms with Crippen molar-refractivity contribution in [3.63, 3.8) is 0 Å². The third kappa shape index (κ3) is 2.98. The fourth-order valence-electron chi connectivity index (χ4n) is 3.62. The largest absolute Gasteiger partial charge is 0.378 e. The van der Waals surface area contributed by atoms with Crippen molar-refractivity contribution in [1.29, 1.82) is 0 Å². The van der Waals surface area contributed by atoms with Gasteiger partial charge in [0, 0.05) is 37.6 Å². The number of nitrogens with one attached hydrogen (secondary N) is 1. The number of hydrogen-bond acceptors (Lipinski definition) is 3. The summed E-state index contributed by atoms with van der Waals surface area (Å²) in [6.07, 6.45) is 2.05. The number of halogens is 1. The summed E-state index contributed by atoms with van der Waals surface area (Å²) in [4.78, 5) is 26.2. The molecule has 2 aliphatic heterocycles. The second-order valence-corrected chi connectivity index (χ2v) is 7.14. The van der Waals surface area contributed by atoms with Crippen molar-refractivity contribution >= 4 is 11.8 Å². The van der Waals surface area contributed by atoms with E-state index in [0.717, 1.165) is 0 Å². The van der Waals surface area contributed by atoms with Crippen LogP contribution < -0.4 is 5.32 Å². The third-order valence-electron chi connectivity index (χ3n) is 5.00. The van der Waals surface area contributed by atoms with Crippen LogP contribution in [-0.2, 0) is 14.3 Å². The predicted molar refractivity (Wildman–Crippen MR) is 78.9 cm³/mol. The average Bonchev–Trinajstić information content (AvgIpc) is 3.23. The van der Waals surface area contributed by atoms with Gasteiger partial charge in [0.05, 0.1) is 6.10 Å². The summed E-state index contributed by atoms with van der Waals surface area (Å²) in [6, 6.07) is 0.0932. The maximum atomic E-state index is 14.0. The number of nitrogens with zero attached hydrogens (tertiary/aromatic N) is 1. The molecule has 2 heterocycles. The predicted octanol–water partition coefficient (Wildman–Crippen LogP) is 1.27. The lowest BCUT2D eigenvalue weighted by Crippen LogP contribution is -2.56. The van der Waals surface area contributed by atoms with Crippen LogP contribution in [0.1, 0.15) is 39.5 Å². The molecule has 3 atom stereocenters. The minimum atomic E-state index is -1.63. The molecule has 0 bridgehead atoms. The van der Waals surface area contributed by atoms with Gasteiger partial charge in [0.25, 0.3) is 5.91 Å². The van der Waals surface area contributed by atoms with Crippen LogP contribution in [0.15, 0.2) is 0 Å². The molecule has 3 aliphatic rings. The second kappa shape index (κ2) is 5.80. The number of ether oxygens (including phenoxy) is 1. The molecule has 0 radical (unpaired) electrons. The molecule has 0 unspecified atom stereocenters. The quantitative estimate of drug-likeness (QED) is 0.854. The zero-order valence-corrected chi connectivity index (χ0v) is 13.3. The number of hydrogen-bond donors (Lipinski definition) is 1. The molecule has 2 amide bonds. The molecule has 0 aromatic rings. The van der Waals surface area contributed by atoms with Crippen molar-refractivity contribution in [2.45, 2.75) is 57.3 Å². The van der Waals surface area contributed by atoms with Gasteiger partial charge in [0.1, 0.15) is 0 Å². The van der Waals surface area contributed by atoms with Crippen LogP contribution in [0.5, 0.6) is 0 Å². The van der Waals surface area contributed by atoms with Crippen LogP contribution in [0.2, 0.25) is 0 Å². The highest BCUT2D eigenvalue weighted by Gasteiger charge is 2.54. The van der Waals surface area contributed by atoms with Crippen molar-refractivity contribution in [3.05, 3.63) is 0 Å². The zero-order valence-electron chi connectivity index (χ0n) is 13.3. The number of rotatable bonds is 3. The van der Waals surface area contributed by atoms with E-state index in [-0.39, 0.29) is 35.8 Å². The van der Waals surface area contributed by atoms with Crippen LogP contribution in [-0.4, -0.2) is 54.2 Å². The van der Waals surface area contributed by atoms with Gasteiger partial charge < -0.3 is 15.0 Å². The summed E-state index contributed by atoms with van der Waals surface area (Å²) in [5, 5.41) is 2.96. The highest BCUT2D eigenvalue weighted by molar-refractivity contribution is 5.88. The molecular weight excluding hydrogens is 287 g/mol. The summed E-state index contributed by atoms with van der Waals surface area (Å²) >= 11 is 0. The SMILES string of the molecule is CC(C)NC(=O)[C@@H]1CCO[C@@H]2CCN(C(=O)C3(F)CC3)C[C@@H]21. The second-order valence-electron chi connectivity index (χ2n) is 7.14. The molecule has 2 saturated heterocycles. The monoisotopic (exact) mass is 312 g/mol. The summed E-state index contributed by atoms with van der Waals surface area (Å²) in [6.45, 7) is 5.42. The highest BCUT2D eigenvalue weighted by atomic mass is 19.1. The van der Waals surface area contributed by atoms with E-state index >= 15 is 0 Å². The standard InChI is InChI=1S/C16H25FN2O3/c1-10(2)18-14(20)11-4-8-22-13-3-7-19(9-12(11)13)15(21)16(17)5-6-16/h10-13H,3-9H2,1-2H3,(H,18,20)/t11-,12-,13-/m1/s1. The van der Waals surface area contributed by atoms with Gasteiger partial charge in [-0.1, -0.05) is 0 Å². The van der Waals surface area contributed by atoms with Crippen LogP contribution in [0.25, 0.3) is 0 Å². The first-order valence-electron chi connectivity index (χ1n) is 8.31. The van der Waals surface area contributed by atoms with Gasteiger partial charge in [-0.25, -0.2) is 4.39 Å². The Morgan fingerprint density at radius 1 is 1.32 bits per heavy atom. The zero-order chi connectivity index (χ0) is 15.9. The van der Waals surface area contributed by atoms with E-state index in [1.165, 1.54) is 0 Å². The van der Waals surface area contributed by atoms with Gasteiger partial charge in [-0.05, 0) is 39.5 Å². The first-order valence-corrected chi connectivity index (χ1v) is 8.31. The number of alkyl halides is 1. The molecular formula is C16H25FN2O3. The van der Waals surface area contributed by atoms with Crippen molar-refractivity contribution in [2.24, 2.45) is 11.8 Å². The smallest absolute Gasteiger partial charge is 0.260 e. The molecule has 1 aliphatic carbocycles. The minimum Gasteiger partial charge on any atom is -0.378 e. The van der Waals surface area contributed by atoms with Gasteiger partial charge >= 0.3 is 0 Å². The van der Waals surface area contributed by atoms with Gasteiger partial charge in [-0.3, -0.25) is 9.59 Å². The third-order valence-corrected chi connectivity index (χ3v) is 5.00. The number of fused-ring (bicyclic) bond motifs is 1. The summed E-state index contributed by atoms with van der Waals surface area (Å²) < 4.78 is 19.8. The molecule has 124 valence electrons. The molecule has 1 N–H and O–H groups in total. The topological polar surface area (TPSA) is 58.6 Å². The summed E-state index contributed by atoms with van der Waals surface area (Å²) in [7, 11) is 0. The Bertz CT molecular complexity index is 464. The number of likely N-dealkylation sites (tertiary alicyclic amines) is 1. The molecule has 0 aromatic heterocycles. The first-order chi connectivity index (χ1) is 10.4. The van der Waals surface area contributed by atoms with E-state index < -0.39 is 5.67 Å². The lowest BCUT2D eigenvalue weighted by Gasteiger charge is -2.44. The van der Waals surface area contributed by atoms with E-state index in [1.54, 1.807) is 4.90 Å². The Kier molecular flexibility index (Phi) is 4.14. The molecule has 5 nitrogen and oxygen atoms in total. The van der Waals surface area contributed by atoms with Crippen molar-refractivity contribution in [3.8, 4) is 0 Å². The van der Waals surface area contributed by atoms with Crippen molar-refractivity contribution in [2.75, 3.05) is 19.7 Å². The number of carbonyl (C=O) groups excluding carboxylic acids is 2. The lowest BCUT2D eigenvalue weighted by molar-refractivity contribution is -0.154. The van der Waals surface area contributed by atoms with E-state index in [4.69, 9.17) is 4.74 Å². The van der Waals surface area contributed by atoms with E-state index in [1.807, 2.05) is 13.8 Å². The first kappa shape index (κ1) is 15.7. The number of carbonyl (C=O) groups is 2. The molecule has 3 fully saturated rings. The molecule has 0 spiro atoms. The highest BCUT2D eigenvalue weighted by Crippen LogP contribution is 2.43. The molecule has 6 heteroatoms. The van der Waals surface area contributed by atoms with E-state index in [9.17, 15) is 14.0 Å².